The van der Waals surface area contributed by atoms with Gasteiger partial charge in [0.15, 0.2) is 0 Å². The minimum Gasteiger partial charge on any atom is -0.304 e. The summed E-state index contributed by atoms with van der Waals surface area (Å²) < 4.78 is 14.2. The summed E-state index contributed by atoms with van der Waals surface area (Å²) in [7, 11) is 0. The Bertz CT molecular complexity index is 264. The molecular formula is C12H18FNO. The van der Waals surface area contributed by atoms with E-state index in [0.29, 0.717) is 0 Å². The fourth-order valence-electron chi connectivity index (χ4n) is 3.41. The molecule has 0 spiro atoms. The third-order valence-corrected chi connectivity index (χ3v) is 4.46. The van der Waals surface area contributed by atoms with Gasteiger partial charge in [0, 0.05) is 17.9 Å². The predicted octanol–water partition coefficient (Wildman–Crippen LogP) is 1.69. The second kappa shape index (κ2) is 3.55. The third-order valence-electron chi connectivity index (χ3n) is 4.46. The van der Waals surface area contributed by atoms with E-state index in [4.69, 9.17) is 0 Å². The predicted molar refractivity (Wildman–Crippen MR) is 55.2 cm³/mol. The standard InChI is InChI=1S/C12H18FNO/c13-12-8-3-4-10(14-11(8)6-15)9(12)5-7-1-2-7/h6-12,14H,1-5H2/t8-,9-,10-,11+,12-/m0/s1. The lowest BCUT2D eigenvalue weighted by Gasteiger charge is -2.49. The molecule has 15 heavy (non-hydrogen) atoms. The Labute approximate surface area is 89.6 Å². The van der Waals surface area contributed by atoms with Crippen LogP contribution in [0, 0.1) is 17.8 Å². The molecule has 2 bridgehead atoms. The van der Waals surface area contributed by atoms with Gasteiger partial charge in [0.1, 0.15) is 12.5 Å². The highest BCUT2D eigenvalue weighted by atomic mass is 19.1. The molecule has 2 heterocycles. The van der Waals surface area contributed by atoms with Crippen molar-refractivity contribution >= 4 is 6.29 Å². The summed E-state index contributed by atoms with van der Waals surface area (Å²) in [5.74, 6) is 0.924. The Morgan fingerprint density at radius 1 is 1.27 bits per heavy atom. The van der Waals surface area contributed by atoms with Crippen LogP contribution in [0.4, 0.5) is 4.39 Å². The summed E-state index contributed by atoms with van der Waals surface area (Å²) in [5.41, 5.74) is 0. The second-order valence-electron chi connectivity index (χ2n) is 5.46. The van der Waals surface area contributed by atoms with Crippen molar-refractivity contribution in [3.63, 3.8) is 0 Å². The van der Waals surface area contributed by atoms with Crippen LogP contribution in [0.1, 0.15) is 32.1 Å². The molecule has 5 atom stereocenters. The smallest absolute Gasteiger partial charge is 0.137 e. The molecule has 0 radical (unpaired) electrons. The van der Waals surface area contributed by atoms with E-state index in [1.165, 1.54) is 12.8 Å². The number of piperidine rings is 2. The van der Waals surface area contributed by atoms with Gasteiger partial charge in [-0.25, -0.2) is 4.39 Å². The SMILES string of the molecule is O=C[C@H]1N[C@H]2CC[C@@H]1[C@H](F)[C@H]2CC1CC1. The molecule has 0 aromatic carbocycles. The number of nitrogens with one attached hydrogen (secondary N) is 1. The van der Waals surface area contributed by atoms with Crippen molar-refractivity contribution < 1.29 is 9.18 Å². The highest BCUT2D eigenvalue weighted by molar-refractivity contribution is 5.59. The van der Waals surface area contributed by atoms with Crippen LogP contribution < -0.4 is 5.32 Å². The number of rotatable bonds is 3. The Morgan fingerprint density at radius 2 is 2.07 bits per heavy atom. The number of alkyl halides is 1. The topological polar surface area (TPSA) is 29.1 Å². The summed E-state index contributed by atoms with van der Waals surface area (Å²) in [5, 5.41) is 3.31. The second-order valence-corrected chi connectivity index (χ2v) is 5.46. The fourth-order valence-corrected chi connectivity index (χ4v) is 3.41. The number of carbonyl (C=O) groups is 1. The third kappa shape index (κ3) is 1.61. The molecule has 0 amide bonds. The number of halogens is 1. The maximum absolute atomic E-state index is 14.2. The zero-order valence-electron chi connectivity index (χ0n) is 8.86. The van der Waals surface area contributed by atoms with Gasteiger partial charge >= 0.3 is 0 Å². The molecular weight excluding hydrogens is 193 g/mol. The first-order valence-corrected chi connectivity index (χ1v) is 6.15. The van der Waals surface area contributed by atoms with E-state index in [0.717, 1.165) is 31.5 Å². The van der Waals surface area contributed by atoms with Gasteiger partial charge in [-0.2, -0.15) is 0 Å². The van der Waals surface area contributed by atoms with Gasteiger partial charge in [0.2, 0.25) is 0 Å². The van der Waals surface area contributed by atoms with E-state index < -0.39 is 6.17 Å². The first kappa shape index (κ1) is 9.76. The summed E-state index contributed by atoms with van der Waals surface area (Å²) in [6, 6.07) is 0.0509. The number of carbonyl (C=O) groups excluding carboxylic acids is 1. The average molecular weight is 211 g/mol. The van der Waals surface area contributed by atoms with Crippen molar-refractivity contribution in [3.05, 3.63) is 0 Å². The minimum absolute atomic E-state index is 0.0451. The summed E-state index contributed by atoms with van der Waals surface area (Å²) in [6.07, 6.45) is 5.74. The molecule has 2 saturated carbocycles. The fraction of sp³-hybridized carbons (Fsp3) is 0.917. The highest BCUT2D eigenvalue weighted by Gasteiger charge is 2.49. The van der Waals surface area contributed by atoms with Gasteiger partial charge in [-0.3, -0.25) is 0 Å². The maximum atomic E-state index is 14.2. The van der Waals surface area contributed by atoms with Crippen LogP contribution in [0.2, 0.25) is 0 Å². The zero-order valence-corrected chi connectivity index (χ0v) is 8.86. The van der Waals surface area contributed by atoms with E-state index in [1.54, 1.807) is 0 Å². The number of fused-ring (bicyclic) bond motifs is 3. The lowest BCUT2D eigenvalue weighted by molar-refractivity contribution is -0.116. The van der Waals surface area contributed by atoms with Crippen LogP contribution >= 0.6 is 0 Å². The summed E-state index contributed by atoms with van der Waals surface area (Å²) in [4.78, 5) is 10.8. The monoisotopic (exact) mass is 211 g/mol. The van der Waals surface area contributed by atoms with E-state index in [9.17, 15) is 9.18 Å². The van der Waals surface area contributed by atoms with Crippen LogP contribution in [0.3, 0.4) is 0 Å². The molecule has 84 valence electrons. The van der Waals surface area contributed by atoms with Crippen molar-refractivity contribution in [2.75, 3.05) is 0 Å². The summed E-state index contributed by atoms with van der Waals surface area (Å²) in [6.45, 7) is 0. The van der Waals surface area contributed by atoms with Gasteiger partial charge in [0.25, 0.3) is 0 Å². The van der Waals surface area contributed by atoms with Crippen molar-refractivity contribution in [2.24, 2.45) is 17.8 Å². The Balaban J connectivity index is 1.73. The van der Waals surface area contributed by atoms with Gasteiger partial charge in [-0.1, -0.05) is 12.8 Å². The average Bonchev–Trinajstić information content (AvgIpc) is 3.07. The molecule has 0 aromatic heterocycles. The van der Waals surface area contributed by atoms with Crippen molar-refractivity contribution in [3.8, 4) is 0 Å². The molecule has 4 fully saturated rings. The molecule has 2 aliphatic heterocycles. The molecule has 2 saturated heterocycles. The van der Waals surface area contributed by atoms with Gasteiger partial charge < -0.3 is 10.1 Å². The van der Waals surface area contributed by atoms with Crippen LogP contribution in [0.5, 0.6) is 0 Å². The lowest BCUT2D eigenvalue weighted by atomic mass is 9.67. The Kier molecular flexibility index (Phi) is 2.31. The van der Waals surface area contributed by atoms with E-state index in [-0.39, 0.29) is 23.9 Å². The van der Waals surface area contributed by atoms with E-state index in [2.05, 4.69) is 5.32 Å². The quantitative estimate of drug-likeness (QED) is 0.720. The van der Waals surface area contributed by atoms with Gasteiger partial charge in [0.05, 0.1) is 6.04 Å². The van der Waals surface area contributed by atoms with E-state index in [1.807, 2.05) is 0 Å². The molecule has 0 unspecified atom stereocenters. The zero-order chi connectivity index (χ0) is 10.4. The molecule has 2 nitrogen and oxygen atoms in total. The molecule has 3 heteroatoms. The number of hydrogen-bond acceptors (Lipinski definition) is 2. The largest absolute Gasteiger partial charge is 0.304 e. The molecule has 2 aliphatic carbocycles. The normalized spacial score (nSPS) is 49.3. The van der Waals surface area contributed by atoms with Crippen molar-refractivity contribution in [1.29, 1.82) is 0 Å². The van der Waals surface area contributed by atoms with E-state index >= 15 is 0 Å². The Hall–Kier alpha value is -0.440. The minimum atomic E-state index is -0.735. The van der Waals surface area contributed by atoms with Gasteiger partial charge in [-0.15, -0.1) is 0 Å². The molecule has 0 aromatic rings. The first-order chi connectivity index (χ1) is 7.29. The van der Waals surface area contributed by atoms with Crippen LogP contribution in [-0.4, -0.2) is 24.5 Å². The lowest BCUT2D eigenvalue weighted by Crippen LogP contribution is -2.62. The molecule has 4 rings (SSSR count). The first-order valence-electron chi connectivity index (χ1n) is 6.15. The molecule has 1 N–H and O–H groups in total. The van der Waals surface area contributed by atoms with Crippen molar-refractivity contribution in [2.45, 2.75) is 50.4 Å². The maximum Gasteiger partial charge on any atom is 0.137 e. The number of aldehydes is 1. The number of hydrogen-bond donors (Lipinski definition) is 1. The Morgan fingerprint density at radius 3 is 2.67 bits per heavy atom. The summed E-state index contributed by atoms with van der Waals surface area (Å²) >= 11 is 0. The van der Waals surface area contributed by atoms with Crippen LogP contribution in [-0.2, 0) is 4.79 Å². The van der Waals surface area contributed by atoms with Crippen LogP contribution in [0.25, 0.3) is 0 Å². The highest BCUT2D eigenvalue weighted by Crippen LogP contribution is 2.45. The van der Waals surface area contributed by atoms with Gasteiger partial charge in [-0.05, 0) is 25.2 Å². The van der Waals surface area contributed by atoms with Crippen molar-refractivity contribution in [1.82, 2.24) is 5.32 Å². The molecule has 4 aliphatic rings. The van der Waals surface area contributed by atoms with Crippen LogP contribution in [0.15, 0.2) is 0 Å².